The molecule has 0 aliphatic rings. The summed E-state index contributed by atoms with van der Waals surface area (Å²) in [6.45, 7) is 11.1. The highest BCUT2D eigenvalue weighted by Crippen LogP contribution is 2.26. The van der Waals surface area contributed by atoms with Crippen molar-refractivity contribution in [2.75, 3.05) is 0 Å². The van der Waals surface area contributed by atoms with Crippen LogP contribution in [0.3, 0.4) is 0 Å². The number of benzene rings is 5. The van der Waals surface area contributed by atoms with Gasteiger partial charge in [-0.1, -0.05) is 250 Å². The number of aryl methyl sites for hydroxylation is 5. The number of ether oxygens (including phenoxy) is 2. The summed E-state index contributed by atoms with van der Waals surface area (Å²) >= 11 is 0. The number of carboxylic acid groups (broad SMARTS) is 1. The van der Waals surface area contributed by atoms with Gasteiger partial charge in [-0.05, 0) is 141 Å². The maximum atomic E-state index is 14.6. The van der Waals surface area contributed by atoms with Crippen LogP contribution in [0.15, 0.2) is 146 Å². The van der Waals surface area contributed by atoms with Gasteiger partial charge in [-0.3, -0.25) is 0 Å². The molecular formula is C86H112F2N6O6. The molecule has 0 radical (unpaired) electrons. The number of unbranched alkanes of at least 4 members (excludes halogenated alkanes) is 26. The minimum absolute atomic E-state index is 0.215. The molecule has 100 heavy (non-hydrogen) atoms. The second-order valence-electron chi connectivity index (χ2n) is 26.5. The molecule has 0 bridgehead atoms. The van der Waals surface area contributed by atoms with Crippen LogP contribution in [0, 0.1) is 11.6 Å². The number of carboxylic acids is 1. The Balaban J connectivity index is 0.000000244. The van der Waals surface area contributed by atoms with Crippen LogP contribution in [0.1, 0.15) is 293 Å². The number of halogens is 2. The second-order valence-corrected chi connectivity index (χ2v) is 26.5. The summed E-state index contributed by atoms with van der Waals surface area (Å²) < 4.78 is 40.0. The first-order valence-electron chi connectivity index (χ1n) is 37.9. The number of rotatable bonds is 44. The number of aromatic nitrogens is 6. The summed E-state index contributed by atoms with van der Waals surface area (Å²) in [6, 6.07) is 30.0. The van der Waals surface area contributed by atoms with Crippen molar-refractivity contribution in [2.45, 2.75) is 266 Å². The van der Waals surface area contributed by atoms with Gasteiger partial charge in [0, 0.05) is 66.0 Å². The molecule has 3 heterocycles. The number of aromatic carboxylic acids is 1. The number of nitrogens with zero attached hydrogens (tertiary/aromatic N) is 6. The summed E-state index contributed by atoms with van der Waals surface area (Å²) in [7, 11) is 0. The van der Waals surface area contributed by atoms with Crippen molar-refractivity contribution in [1.29, 1.82) is 0 Å². The normalized spacial score (nSPS) is 10.9. The molecule has 8 rings (SSSR count). The van der Waals surface area contributed by atoms with E-state index in [-0.39, 0.29) is 28.7 Å². The highest BCUT2D eigenvalue weighted by atomic mass is 19.1. The third-order valence-electron chi connectivity index (χ3n) is 18.0. The fourth-order valence-corrected chi connectivity index (χ4v) is 11.8. The van der Waals surface area contributed by atoms with Gasteiger partial charge in [0.1, 0.15) is 23.1 Å². The van der Waals surface area contributed by atoms with Crippen LogP contribution < -0.4 is 9.47 Å². The van der Waals surface area contributed by atoms with Crippen LogP contribution in [0.5, 0.6) is 11.5 Å². The van der Waals surface area contributed by atoms with E-state index in [0.29, 0.717) is 52.6 Å². The van der Waals surface area contributed by atoms with Gasteiger partial charge >= 0.3 is 17.9 Å². The van der Waals surface area contributed by atoms with Crippen molar-refractivity contribution in [3.63, 3.8) is 0 Å². The standard InChI is InChI=1S/C34H45FN2O2.C33H43FN2O2.C19H24N2O2/c1-3-5-7-9-11-13-15-17-28-22-23-31(24-32(28)35)39-34(38)30-20-18-29(19-21-30)33-36-25-27(26-37-33)16-14-12-10-8-6-4-2;1-3-5-7-9-11-13-15-26-24-35-32(36-25-26)28-17-19-29(20-18-28)33(37)38-30-22-21-27(31(34)23-30)16-14-12-10-8-6-4-2;1-2-3-4-5-6-7-8-15-13-20-18(21-14-15)16-9-11-17(12-10-16)19(22)23/h18-26H,3-17H2,1-2H3;17-25H,3-16H2,1-2H3;9-14H,2-8H2,1H3,(H,22,23). The summed E-state index contributed by atoms with van der Waals surface area (Å²) in [5, 5.41) is 8.90. The third kappa shape index (κ3) is 31.0. The van der Waals surface area contributed by atoms with E-state index in [1.54, 1.807) is 72.8 Å². The zero-order valence-electron chi connectivity index (χ0n) is 60.7. The van der Waals surface area contributed by atoms with Gasteiger partial charge in [0.15, 0.2) is 17.5 Å². The molecule has 5 aromatic carbocycles. The highest BCUT2D eigenvalue weighted by Gasteiger charge is 2.15. The highest BCUT2D eigenvalue weighted by molar-refractivity contribution is 5.92. The Bertz CT molecular complexity index is 3550. The molecule has 0 atom stereocenters. The minimum Gasteiger partial charge on any atom is -0.478 e. The molecule has 3 aromatic heterocycles. The lowest BCUT2D eigenvalue weighted by molar-refractivity contribution is 0.0692. The van der Waals surface area contributed by atoms with Gasteiger partial charge in [-0.25, -0.2) is 53.1 Å². The van der Waals surface area contributed by atoms with Crippen molar-refractivity contribution < 1.29 is 37.7 Å². The smallest absolute Gasteiger partial charge is 0.343 e. The lowest BCUT2D eigenvalue weighted by atomic mass is 10.0. The van der Waals surface area contributed by atoms with Crippen molar-refractivity contribution in [3.8, 4) is 45.7 Å². The molecule has 0 saturated heterocycles. The van der Waals surface area contributed by atoms with E-state index in [0.717, 1.165) is 91.2 Å². The van der Waals surface area contributed by atoms with Crippen LogP contribution in [-0.2, 0) is 32.1 Å². The Morgan fingerprint density at radius 2 is 0.550 bits per heavy atom. The van der Waals surface area contributed by atoms with Crippen molar-refractivity contribution in [2.24, 2.45) is 0 Å². The molecule has 0 aliphatic carbocycles. The van der Waals surface area contributed by atoms with E-state index >= 15 is 0 Å². The van der Waals surface area contributed by atoms with Crippen LogP contribution in [0.25, 0.3) is 34.2 Å². The summed E-state index contributed by atoms with van der Waals surface area (Å²) in [4.78, 5) is 62.9. The van der Waals surface area contributed by atoms with Gasteiger partial charge in [0.25, 0.3) is 0 Å². The van der Waals surface area contributed by atoms with E-state index in [1.807, 2.05) is 61.4 Å². The summed E-state index contributed by atoms with van der Waals surface area (Å²) in [5.74, 6) is -0.289. The lowest BCUT2D eigenvalue weighted by Crippen LogP contribution is -2.09. The predicted octanol–water partition coefficient (Wildman–Crippen LogP) is 23.8. The van der Waals surface area contributed by atoms with Crippen LogP contribution in [-0.4, -0.2) is 52.9 Å². The average molecular weight is 1360 g/mol. The minimum atomic E-state index is -0.924. The molecular weight excluding hydrogens is 1250 g/mol. The maximum Gasteiger partial charge on any atom is 0.343 e. The van der Waals surface area contributed by atoms with Gasteiger partial charge in [0.05, 0.1) is 16.7 Å². The summed E-state index contributed by atoms with van der Waals surface area (Å²) in [6.07, 6.45) is 54.0. The number of esters is 2. The predicted molar refractivity (Wildman–Crippen MR) is 402 cm³/mol. The SMILES string of the molecule is CCCCCCCCCc1ccc(OC(=O)c2ccc(-c3ncc(CCCCCCCC)cn3)cc2)cc1F.CCCCCCCCc1cnc(-c2ccc(C(=O)O)cc2)nc1.CCCCCCCCc1cnc(-c2ccc(C(=O)Oc3ccc(CCCCCCCC)c(F)c3)cc2)nc1. The van der Waals surface area contributed by atoms with Gasteiger partial charge in [0.2, 0.25) is 0 Å². The number of hydrogen-bond donors (Lipinski definition) is 1. The Morgan fingerprint density at radius 1 is 0.310 bits per heavy atom. The molecule has 14 heteroatoms. The molecule has 0 aliphatic heterocycles. The second kappa shape index (κ2) is 48.4. The lowest BCUT2D eigenvalue weighted by Gasteiger charge is -2.08. The first-order valence-corrected chi connectivity index (χ1v) is 37.9. The van der Waals surface area contributed by atoms with Gasteiger partial charge < -0.3 is 14.6 Å². The van der Waals surface area contributed by atoms with Crippen molar-refractivity contribution >= 4 is 17.9 Å². The Labute approximate surface area is 596 Å². The van der Waals surface area contributed by atoms with Gasteiger partial charge in [-0.15, -0.1) is 0 Å². The van der Waals surface area contributed by atoms with E-state index in [1.165, 1.54) is 173 Å². The quantitative estimate of drug-likeness (QED) is 0.0218. The van der Waals surface area contributed by atoms with Crippen LogP contribution in [0.4, 0.5) is 8.78 Å². The number of carbonyl (C=O) groups excluding carboxylic acids is 2. The Hall–Kier alpha value is -8.39. The Kier molecular flexibility index (Phi) is 39.0. The van der Waals surface area contributed by atoms with E-state index in [2.05, 4.69) is 64.5 Å². The first-order chi connectivity index (χ1) is 48.9. The molecule has 1 N–H and O–H groups in total. The Morgan fingerprint density at radius 3 is 0.800 bits per heavy atom. The number of carbonyl (C=O) groups is 3. The number of hydrogen-bond acceptors (Lipinski definition) is 11. The molecule has 12 nitrogen and oxygen atoms in total. The summed E-state index contributed by atoms with van der Waals surface area (Å²) in [5.41, 5.74) is 8.35. The molecule has 0 amide bonds. The van der Waals surface area contributed by atoms with Gasteiger partial charge in [-0.2, -0.15) is 0 Å². The average Bonchev–Trinajstić information content (AvgIpc) is 0.865. The van der Waals surface area contributed by atoms with Crippen LogP contribution >= 0.6 is 0 Å². The maximum absolute atomic E-state index is 14.6. The van der Waals surface area contributed by atoms with E-state index in [9.17, 15) is 23.2 Å². The monoisotopic (exact) mass is 1360 g/mol. The topological polar surface area (TPSA) is 167 Å². The molecule has 0 saturated carbocycles. The zero-order chi connectivity index (χ0) is 71.2. The van der Waals surface area contributed by atoms with E-state index < -0.39 is 17.9 Å². The van der Waals surface area contributed by atoms with E-state index in [4.69, 9.17) is 14.6 Å². The molecule has 8 aromatic rings. The van der Waals surface area contributed by atoms with Crippen molar-refractivity contribution in [3.05, 3.63) is 203 Å². The molecule has 0 unspecified atom stereocenters. The molecule has 536 valence electrons. The largest absolute Gasteiger partial charge is 0.478 e. The third-order valence-corrected chi connectivity index (χ3v) is 18.0. The fraction of sp³-hybridized carbons (Fsp3) is 0.477. The molecule has 0 spiro atoms. The zero-order valence-corrected chi connectivity index (χ0v) is 60.7. The first kappa shape index (κ1) is 80.6. The van der Waals surface area contributed by atoms with Crippen molar-refractivity contribution in [1.82, 2.24) is 29.9 Å². The fourth-order valence-electron chi connectivity index (χ4n) is 11.8. The van der Waals surface area contributed by atoms with Crippen LogP contribution in [0.2, 0.25) is 0 Å². The molecule has 0 fully saturated rings.